The van der Waals surface area contributed by atoms with E-state index in [1.165, 1.54) is 51.4 Å². The molecule has 1 aromatic carbocycles. The number of rotatable bonds is 14. The second-order valence-electron chi connectivity index (χ2n) is 7.40. The summed E-state index contributed by atoms with van der Waals surface area (Å²) in [5, 5.41) is 0. The molecule has 0 saturated carbocycles. The van der Waals surface area contributed by atoms with Gasteiger partial charge in [0, 0.05) is 17.3 Å². The van der Waals surface area contributed by atoms with Crippen molar-refractivity contribution >= 4 is 0 Å². The van der Waals surface area contributed by atoms with E-state index in [9.17, 15) is 4.39 Å². The molecule has 0 unspecified atom stereocenters. The Morgan fingerprint density at radius 3 is 2.00 bits per heavy atom. The number of hydrogen-bond donors (Lipinski definition) is 0. The van der Waals surface area contributed by atoms with Gasteiger partial charge in [0.1, 0.15) is 5.75 Å². The molecule has 0 saturated heterocycles. The second-order valence-corrected chi connectivity index (χ2v) is 7.40. The van der Waals surface area contributed by atoms with Gasteiger partial charge in [0.15, 0.2) is 5.82 Å². The smallest absolute Gasteiger partial charge is 0.219 e. The molecule has 154 valence electrons. The summed E-state index contributed by atoms with van der Waals surface area (Å²) in [6, 6.07) is 7.44. The Labute approximate surface area is 169 Å². The van der Waals surface area contributed by atoms with Gasteiger partial charge in [0.05, 0.1) is 6.61 Å². The van der Waals surface area contributed by atoms with Crippen molar-refractivity contribution in [3.63, 3.8) is 0 Å². The molecule has 0 atom stereocenters. The first-order valence-corrected chi connectivity index (χ1v) is 11.0. The van der Waals surface area contributed by atoms with Crippen LogP contribution in [-0.2, 0) is 6.42 Å². The fourth-order valence-corrected chi connectivity index (χ4v) is 3.36. The Morgan fingerprint density at radius 2 is 1.43 bits per heavy atom. The minimum Gasteiger partial charge on any atom is -0.494 e. The average molecular weight is 387 g/mol. The van der Waals surface area contributed by atoms with E-state index in [0.29, 0.717) is 24.4 Å². The number of halogens is 1. The van der Waals surface area contributed by atoms with Gasteiger partial charge in [-0.15, -0.1) is 0 Å². The first-order chi connectivity index (χ1) is 13.7. The van der Waals surface area contributed by atoms with Crippen LogP contribution in [0.1, 0.15) is 83.6 Å². The van der Waals surface area contributed by atoms with Crippen LogP contribution in [0.15, 0.2) is 30.5 Å². The first kappa shape index (κ1) is 22.3. The van der Waals surface area contributed by atoms with E-state index in [0.717, 1.165) is 24.2 Å². The van der Waals surface area contributed by atoms with Gasteiger partial charge in [-0.05, 0) is 44.0 Å². The fourth-order valence-electron chi connectivity index (χ4n) is 3.36. The molecule has 28 heavy (non-hydrogen) atoms. The third-order valence-electron chi connectivity index (χ3n) is 5.03. The maximum atomic E-state index is 14.3. The Kier molecular flexibility index (Phi) is 10.6. The molecule has 0 aliphatic rings. The van der Waals surface area contributed by atoms with Crippen LogP contribution in [0.4, 0.5) is 4.39 Å². The lowest BCUT2D eigenvalue weighted by molar-refractivity contribution is 0.340. The molecule has 0 amide bonds. The third-order valence-corrected chi connectivity index (χ3v) is 5.03. The molecule has 2 aromatic rings. The molecule has 1 heterocycles. The van der Waals surface area contributed by atoms with Gasteiger partial charge in [-0.2, -0.15) is 9.37 Å². The summed E-state index contributed by atoms with van der Waals surface area (Å²) in [5.41, 5.74) is 1.42. The largest absolute Gasteiger partial charge is 0.494 e. The summed E-state index contributed by atoms with van der Waals surface area (Å²) >= 11 is 0. The zero-order valence-electron chi connectivity index (χ0n) is 17.6. The predicted molar refractivity (Wildman–Crippen MR) is 114 cm³/mol. The molecule has 0 spiro atoms. The predicted octanol–water partition coefficient (Wildman–Crippen LogP) is 7.14. The van der Waals surface area contributed by atoms with Crippen LogP contribution >= 0.6 is 0 Å². The van der Waals surface area contributed by atoms with E-state index in [2.05, 4.69) is 16.9 Å². The van der Waals surface area contributed by atoms with Crippen molar-refractivity contribution in [1.82, 2.24) is 9.97 Å². The van der Waals surface area contributed by atoms with Crippen molar-refractivity contribution in [2.45, 2.75) is 84.5 Å². The number of ether oxygens (including phenoxy) is 1. The normalized spacial score (nSPS) is 11.0. The lowest BCUT2D eigenvalue weighted by atomic mass is 10.0. The monoisotopic (exact) mass is 386 g/mol. The molecule has 2 rings (SSSR count). The molecule has 0 fully saturated rings. The summed E-state index contributed by atoms with van der Waals surface area (Å²) in [6.45, 7) is 4.82. The third kappa shape index (κ3) is 7.95. The van der Waals surface area contributed by atoms with Gasteiger partial charge in [0.25, 0.3) is 0 Å². The Balaban J connectivity index is 1.69. The molecule has 3 nitrogen and oxygen atoms in total. The van der Waals surface area contributed by atoms with Crippen LogP contribution < -0.4 is 4.74 Å². The van der Waals surface area contributed by atoms with Crippen molar-refractivity contribution in [2.75, 3.05) is 6.61 Å². The lowest BCUT2D eigenvalue weighted by Gasteiger charge is -2.07. The van der Waals surface area contributed by atoms with Crippen molar-refractivity contribution in [1.29, 1.82) is 0 Å². The molecular weight excluding hydrogens is 351 g/mol. The van der Waals surface area contributed by atoms with Crippen molar-refractivity contribution < 1.29 is 9.13 Å². The highest BCUT2D eigenvalue weighted by molar-refractivity contribution is 5.56. The highest BCUT2D eigenvalue weighted by Crippen LogP contribution is 2.21. The van der Waals surface area contributed by atoms with E-state index in [1.807, 2.05) is 31.2 Å². The Bertz CT molecular complexity index is 673. The highest BCUT2D eigenvalue weighted by atomic mass is 19.1. The zero-order chi connectivity index (χ0) is 20.0. The summed E-state index contributed by atoms with van der Waals surface area (Å²) in [4.78, 5) is 8.42. The SMILES string of the molecule is CCCCCCCCCCCCc1cnc(-c2ccc(OCC)cc2)nc1F. The van der Waals surface area contributed by atoms with Gasteiger partial charge < -0.3 is 4.74 Å². The molecule has 0 aliphatic heterocycles. The van der Waals surface area contributed by atoms with E-state index in [4.69, 9.17) is 4.74 Å². The van der Waals surface area contributed by atoms with Crippen LogP contribution in [0.2, 0.25) is 0 Å². The average Bonchev–Trinajstić information content (AvgIpc) is 2.71. The van der Waals surface area contributed by atoms with E-state index in [1.54, 1.807) is 6.20 Å². The lowest BCUT2D eigenvalue weighted by Crippen LogP contribution is -1.99. The van der Waals surface area contributed by atoms with Gasteiger partial charge in [-0.1, -0.05) is 64.7 Å². The molecule has 0 bridgehead atoms. The van der Waals surface area contributed by atoms with Crippen molar-refractivity contribution in [2.24, 2.45) is 0 Å². The minimum absolute atomic E-state index is 0.394. The van der Waals surface area contributed by atoms with Gasteiger partial charge in [0.2, 0.25) is 5.95 Å². The molecular formula is C24H35FN2O. The number of hydrogen-bond acceptors (Lipinski definition) is 3. The molecule has 1 aromatic heterocycles. The zero-order valence-corrected chi connectivity index (χ0v) is 17.6. The fraction of sp³-hybridized carbons (Fsp3) is 0.583. The summed E-state index contributed by atoms with van der Waals surface area (Å²) < 4.78 is 19.8. The van der Waals surface area contributed by atoms with Gasteiger partial charge in [-0.3, -0.25) is 0 Å². The van der Waals surface area contributed by atoms with Crippen LogP contribution in [0.3, 0.4) is 0 Å². The Hall–Kier alpha value is -1.97. The highest BCUT2D eigenvalue weighted by Gasteiger charge is 2.08. The number of unbranched alkanes of at least 4 members (excludes halogenated alkanes) is 9. The summed E-state index contributed by atoms with van der Waals surface area (Å²) in [7, 11) is 0. The maximum Gasteiger partial charge on any atom is 0.219 e. The van der Waals surface area contributed by atoms with E-state index < -0.39 is 5.95 Å². The molecule has 0 aliphatic carbocycles. The van der Waals surface area contributed by atoms with Crippen LogP contribution in [0.25, 0.3) is 11.4 Å². The molecule has 4 heteroatoms. The van der Waals surface area contributed by atoms with Crippen LogP contribution in [0.5, 0.6) is 5.75 Å². The summed E-state index contributed by atoms with van der Waals surface area (Å²) in [6.07, 6.45) is 15.1. The topological polar surface area (TPSA) is 35.0 Å². The Morgan fingerprint density at radius 1 is 0.821 bits per heavy atom. The van der Waals surface area contributed by atoms with Crippen LogP contribution in [0, 0.1) is 5.95 Å². The standard InChI is InChI=1S/C24H35FN2O/c1-3-5-6-7-8-9-10-11-12-13-14-21-19-26-24(27-23(21)25)20-15-17-22(18-16-20)28-4-2/h15-19H,3-14H2,1-2H3. The minimum atomic E-state index is -0.394. The van der Waals surface area contributed by atoms with Gasteiger partial charge in [-0.25, -0.2) is 4.98 Å². The number of benzene rings is 1. The van der Waals surface area contributed by atoms with E-state index >= 15 is 0 Å². The van der Waals surface area contributed by atoms with Crippen molar-refractivity contribution in [3.05, 3.63) is 42.0 Å². The van der Waals surface area contributed by atoms with Crippen LogP contribution in [-0.4, -0.2) is 16.6 Å². The number of aromatic nitrogens is 2. The first-order valence-electron chi connectivity index (χ1n) is 11.0. The summed E-state index contributed by atoms with van der Waals surface area (Å²) in [5.74, 6) is 0.825. The maximum absolute atomic E-state index is 14.3. The molecule has 0 radical (unpaired) electrons. The van der Waals surface area contributed by atoms with Gasteiger partial charge >= 0.3 is 0 Å². The molecule has 0 N–H and O–H groups in total. The van der Waals surface area contributed by atoms with Crippen molar-refractivity contribution in [3.8, 4) is 17.1 Å². The number of nitrogens with zero attached hydrogens (tertiary/aromatic N) is 2. The second kappa shape index (κ2) is 13.2. The quantitative estimate of drug-likeness (QED) is 0.255. The van der Waals surface area contributed by atoms with E-state index in [-0.39, 0.29) is 0 Å². The number of aryl methyl sites for hydroxylation is 1.